The van der Waals surface area contributed by atoms with Gasteiger partial charge in [-0.2, -0.15) is 16.9 Å². The lowest BCUT2D eigenvalue weighted by Crippen LogP contribution is -2.33. The smallest absolute Gasteiger partial charge is 0.0521 e. The fourth-order valence-electron chi connectivity index (χ4n) is 2.23. The first kappa shape index (κ1) is 12.0. The fraction of sp³-hybridized carbons (Fsp3) is 0.750. The molecule has 0 saturated carbocycles. The second-order valence-corrected chi connectivity index (χ2v) is 6.33. The molecule has 16 heavy (non-hydrogen) atoms. The van der Waals surface area contributed by atoms with Crippen LogP contribution in [0.25, 0.3) is 0 Å². The summed E-state index contributed by atoms with van der Waals surface area (Å²) in [6.45, 7) is 7.49. The van der Waals surface area contributed by atoms with E-state index in [1.807, 2.05) is 6.20 Å². The van der Waals surface area contributed by atoms with Crippen molar-refractivity contribution in [2.45, 2.75) is 44.5 Å². The fourth-order valence-corrected chi connectivity index (χ4v) is 3.50. The van der Waals surface area contributed by atoms with Gasteiger partial charge in [-0.05, 0) is 38.5 Å². The summed E-state index contributed by atoms with van der Waals surface area (Å²) < 4.78 is 2.51. The van der Waals surface area contributed by atoms with Crippen molar-refractivity contribution in [1.29, 1.82) is 0 Å². The minimum absolute atomic E-state index is 0.455. The zero-order chi connectivity index (χ0) is 11.4. The summed E-state index contributed by atoms with van der Waals surface area (Å²) in [6.07, 6.45) is 4.60. The Morgan fingerprint density at radius 2 is 2.50 bits per heavy atom. The molecule has 90 valence electrons. The van der Waals surface area contributed by atoms with Crippen molar-refractivity contribution < 1.29 is 0 Å². The maximum Gasteiger partial charge on any atom is 0.0521 e. The average molecular weight is 239 g/mol. The zero-order valence-electron chi connectivity index (χ0n) is 10.2. The Morgan fingerprint density at radius 3 is 3.19 bits per heavy atom. The molecule has 0 spiro atoms. The summed E-state index contributed by atoms with van der Waals surface area (Å²) in [5.41, 5.74) is 1.29. The quantitative estimate of drug-likeness (QED) is 0.855. The van der Waals surface area contributed by atoms with Gasteiger partial charge in [-0.15, -0.1) is 0 Å². The van der Waals surface area contributed by atoms with E-state index < -0.39 is 0 Å². The van der Waals surface area contributed by atoms with Crippen LogP contribution in [0.3, 0.4) is 0 Å². The van der Waals surface area contributed by atoms with Crippen LogP contribution in [0.2, 0.25) is 0 Å². The van der Waals surface area contributed by atoms with Crippen molar-refractivity contribution >= 4 is 11.8 Å². The van der Waals surface area contributed by atoms with Gasteiger partial charge in [0.1, 0.15) is 0 Å². The lowest BCUT2D eigenvalue weighted by Gasteiger charge is -2.23. The van der Waals surface area contributed by atoms with Gasteiger partial charge >= 0.3 is 0 Å². The first-order chi connectivity index (χ1) is 7.73. The highest BCUT2D eigenvalue weighted by molar-refractivity contribution is 8.00. The topological polar surface area (TPSA) is 29.9 Å². The molecule has 2 heterocycles. The zero-order valence-corrected chi connectivity index (χ0v) is 11.0. The Balaban J connectivity index is 1.79. The van der Waals surface area contributed by atoms with E-state index in [4.69, 9.17) is 0 Å². The number of nitrogens with zero attached hydrogens (tertiary/aromatic N) is 2. The summed E-state index contributed by atoms with van der Waals surface area (Å²) >= 11 is 2.11. The van der Waals surface area contributed by atoms with Crippen LogP contribution in [0.4, 0.5) is 0 Å². The van der Waals surface area contributed by atoms with Crippen LogP contribution in [0, 0.1) is 0 Å². The highest BCUT2D eigenvalue weighted by Crippen LogP contribution is 2.36. The molecule has 1 saturated heterocycles. The monoisotopic (exact) mass is 239 g/mol. The van der Waals surface area contributed by atoms with Crippen LogP contribution in [-0.4, -0.2) is 26.8 Å². The Bertz CT molecular complexity index is 329. The molecular weight excluding hydrogens is 218 g/mol. The Labute approximate surface area is 102 Å². The lowest BCUT2D eigenvalue weighted by atomic mass is 10.1. The van der Waals surface area contributed by atoms with Crippen molar-refractivity contribution in [1.82, 2.24) is 15.1 Å². The molecule has 1 N–H and O–H groups in total. The molecular formula is C12H21N3S. The van der Waals surface area contributed by atoms with E-state index >= 15 is 0 Å². The lowest BCUT2D eigenvalue weighted by molar-refractivity contribution is 0.517. The Morgan fingerprint density at radius 1 is 1.62 bits per heavy atom. The molecule has 1 aromatic heterocycles. The highest BCUT2D eigenvalue weighted by Gasteiger charge is 2.28. The first-order valence-electron chi connectivity index (χ1n) is 6.09. The Hall–Kier alpha value is -0.480. The van der Waals surface area contributed by atoms with Crippen LogP contribution < -0.4 is 5.32 Å². The minimum Gasteiger partial charge on any atom is -0.310 e. The van der Waals surface area contributed by atoms with E-state index in [-0.39, 0.29) is 0 Å². The molecule has 0 aliphatic carbocycles. The third-order valence-electron chi connectivity index (χ3n) is 3.21. The molecule has 1 unspecified atom stereocenters. The van der Waals surface area contributed by atoms with Crippen LogP contribution in [0.15, 0.2) is 12.3 Å². The van der Waals surface area contributed by atoms with E-state index in [1.54, 1.807) is 0 Å². The van der Waals surface area contributed by atoms with Gasteiger partial charge in [-0.25, -0.2) is 0 Å². The van der Waals surface area contributed by atoms with E-state index in [1.165, 1.54) is 24.3 Å². The summed E-state index contributed by atoms with van der Waals surface area (Å²) in [7, 11) is 0. The summed E-state index contributed by atoms with van der Waals surface area (Å²) in [4.78, 5) is 0. The van der Waals surface area contributed by atoms with Crippen molar-refractivity contribution in [2.24, 2.45) is 0 Å². The van der Waals surface area contributed by atoms with Gasteiger partial charge in [0.15, 0.2) is 0 Å². The molecule has 4 heteroatoms. The van der Waals surface area contributed by atoms with Crippen molar-refractivity contribution in [2.75, 3.05) is 12.3 Å². The molecule has 0 radical (unpaired) electrons. The van der Waals surface area contributed by atoms with Gasteiger partial charge in [0.05, 0.1) is 5.69 Å². The highest BCUT2D eigenvalue weighted by atomic mass is 32.2. The van der Waals surface area contributed by atoms with Crippen molar-refractivity contribution in [3.05, 3.63) is 18.0 Å². The average Bonchev–Trinajstić information content (AvgIpc) is 2.88. The van der Waals surface area contributed by atoms with Gasteiger partial charge in [-0.1, -0.05) is 0 Å². The molecule has 0 bridgehead atoms. The SMILES string of the molecule is CCn1nccc1CNCC1(C)CCCS1. The molecule has 1 aromatic rings. The molecule has 3 nitrogen and oxygen atoms in total. The van der Waals surface area contributed by atoms with Gasteiger partial charge in [0.25, 0.3) is 0 Å². The second-order valence-electron chi connectivity index (χ2n) is 4.64. The van der Waals surface area contributed by atoms with Crippen molar-refractivity contribution in [3.63, 3.8) is 0 Å². The maximum absolute atomic E-state index is 4.27. The molecule has 1 aliphatic heterocycles. The van der Waals surface area contributed by atoms with Gasteiger partial charge in [0, 0.05) is 30.6 Å². The summed E-state index contributed by atoms with van der Waals surface area (Å²) in [5, 5.41) is 7.84. The van der Waals surface area contributed by atoms with Crippen LogP contribution in [0.5, 0.6) is 0 Å². The predicted molar refractivity (Wildman–Crippen MR) is 69.7 cm³/mol. The number of rotatable bonds is 5. The standard InChI is InChI=1S/C12H21N3S/c1-3-15-11(5-7-14-15)9-13-10-12(2)6-4-8-16-12/h5,7,13H,3-4,6,8-10H2,1-2H3. The molecule has 1 aliphatic rings. The third-order valence-corrected chi connectivity index (χ3v) is 4.75. The molecule has 0 amide bonds. The number of aromatic nitrogens is 2. The van der Waals surface area contributed by atoms with Crippen molar-refractivity contribution in [3.8, 4) is 0 Å². The van der Waals surface area contributed by atoms with Crippen LogP contribution >= 0.6 is 11.8 Å². The van der Waals surface area contributed by atoms with E-state index in [2.05, 4.69) is 46.8 Å². The first-order valence-corrected chi connectivity index (χ1v) is 7.07. The number of hydrogen-bond acceptors (Lipinski definition) is 3. The van der Waals surface area contributed by atoms with Gasteiger partial charge in [0.2, 0.25) is 0 Å². The van der Waals surface area contributed by atoms with Crippen LogP contribution in [-0.2, 0) is 13.1 Å². The minimum atomic E-state index is 0.455. The summed E-state index contributed by atoms with van der Waals surface area (Å²) in [6, 6.07) is 2.10. The second kappa shape index (κ2) is 5.23. The van der Waals surface area contributed by atoms with E-state index in [0.717, 1.165) is 19.6 Å². The molecule has 0 aromatic carbocycles. The summed E-state index contributed by atoms with van der Waals surface area (Å²) in [5.74, 6) is 1.32. The Kier molecular flexibility index (Phi) is 3.92. The third kappa shape index (κ3) is 2.80. The van der Waals surface area contributed by atoms with Crippen LogP contribution in [0.1, 0.15) is 32.4 Å². The number of thioether (sulfide) groups is 1. The number of hydrogen-bond donors (Lipinski definition) is 1. The molecule has 1 fully saturated rings. The van der Waals surface area contributed by atoms with E-state index in [0.29, 0.717) is 4.75 Å². The maximum atomic E-state index is 4.27. The number of aryl methyl sites for hydroxylation is 1. The number of nitrogens with one attached hydrogen (secondary N) is 1. The van der Waals surface area contributed by atoms with Gasteiger partial charge < -0.3 is 5.32 Å². The molecule has 2 rings (SSSR count). The largest absolute Gasteiger partial charge is 0.310 e. The molecule has 1 atom stereocenters. The predicted octanol–water partition coefficient (Wildman–Crippen LogP) is 2.28. The van der Waals surface area contributed by atoms with Gasteiger partial charge in [-0.3, -0.25) is 4.68 Å². The normalized spacial score (nSPS) is 25.1. The van der Waals surface area contributed by atoms with E-state index in [9.17, 15) is 0 Å².